The number of halogens is 2. The molecule has 2 N–H and O–H groups in total. The molecular weight excluding hydrogens is 285 g/mol. The first kappa shape index (κ1) is 18.2. The minimum atomic E-state index is -0.0684. The first-order valence-electron chi connectivity index (χ1n) is 6.20. The maximum atomic E-state index is 11.8. The first-order valence-corrected chi connectivity index (χ1v) is 6.20. The maximum absolute atomic E-state index is 11.8. The van der Waals surface area contributed by atoms with Crippen molar-refractivity contribution in [3.05, 3.63) is 29.6 Å². The zero-order valence-corrected chi connectivity index (χ0v) is 12.6. The Morgan fingerprint density at radius 2 is 2.32 bits per heavy atom. The molecule has 1 amide bonds. The normalized spacial score (nSPS) is 17.2. The number of carbonyl (C=O) groups is 1. The Hall–Kier alpha value is -0.840. The van der Waals surface area contributed by atoms with Crippen LogP contribution < -0.4 is 10.6 Å². The second kappa shape index (κ2) is 9.13. The van der Waals surface area contributed by atoms with Crippen molar-refractivity contribution in [1.82, 2.24) is 15.6 Å². The highest BCUT2D eigenvalue weighted by molar-refractivity contribution is 5.93. The fourth-order valence-corrected chi connectivity index (χ4v) is 2.17. The van der Waals surface area contributed by atoms with Crippen LogP contribution in [0.4, 0.5) is 0 Å². The van der Waals surface area contributed by atoms with Gasteiger partial charge in [0.25, 0.3) is 5.91 Å². The molecule has 4 nitrogen and oxygen atoms in total. The number of aromatic nitrogens is 1. The Morgan fingerprint density at radius 1 is 1.53 bits per heavy atom. The van der Waals surface area contributed by atoms with Gasteiger partial charge in [0.15, 0.2) is 0 Å². The van der Waals surface area contributed by atoms with E-state index in [2.05, 4.69) is 15.6 Å². The zero-order chi connectivity index (χ0) is 12.1. The molecule has 1 aromatic heterocycles. The third kappa shape index (κ3) is 5.35. The lowest BCUT2D eigenvalue weighted by Gasteiger charge is -2.11. The van der Waals surface area contributed by atoms with Crippen LogP contribution in [0.25, 0.3) is 0 Å². The first-order chi connectivity index (χ1) is 8.27. The number of nitrogens with zero attached hydrogens (tertiary/aromatic N) is 1. The van der Waals surface area contributed by atoms with Gasteiger partial charge in [-0.25, -0.2) is 0 Å². The Kier molecular flexibility index (Phi) is 8.72. The standard InChI is InChI=1S/C13H19N3O.2ClH/c1-10-4-2-8-15-12(10)13(17)16-9-6-11-5-3-7-14-11;;/h2,4,8,11,14H,3,5-7,9H2,1H3,(H,16,17);2*1H/t11-;;/m1../s1. The molecule has 0 radical (unpaired) electrons. The largest absolute Gasteiger partial charge is 0.351 e. The number of rotatable bonds is 4. The molecule has 1 aliphatic heterocycles. The average molecular weight is 306 g/mol. The molecule has 1 saturated heterocycles. The quantitative estimate of drug-likeness (QED) is 0.896. The summed E-state index contributed by atoms with van der Waals surface area (Å²) in [5.74, 6) is -0.0684. The molecular formula is C13H21Cl2N3O. The summed E-state index contributed by atoms with van der Waals surface area (Å²) in [6, 6.07) is 4.31. The van der Waals surface area contributed by atoms with Gasteiger partial charge in [-0.15, -0.1) is 24.8 Å². The lowest BCUT2D eigenvalue weighted by molar-refractivity contribution is 0.0946. The van der Waals surface area contributed by atoms with Crippen molar-refractivity contribution in [3.8, 4) is 0 Å². The van der Waals surface area contributed by atoms with Crippen LogP contribution in [0.1, 0.15) is 35.3 Å². The molecule has 1 atom stereocenters. The van der Waals surface area contributed by atoms with Gasteiger partial charge in [-0.1, -0.05) is 6.07 Å². The van der Waals surface area contributed by atoms with Crippen molar-refractivity contribution < 1.29 is 4.79 Å². The predicted octanol–water partition coefficient (Wildman–Crippen LogP) is 2.11. The predicted molar refractivity (Wildman–Crippen MR) is 81.4 cm³/mol. The van der Waals surface area contributed by atoms with Gasteiger partial charge in [0.1, 0.15) is 5.69 Å². The topological polar surface area (TPSA) is 54.0 Å². The summed E-state index contributed by atoms with van der Waals surface area (Å²) in [7, 11) is 0. The van der Waals surface area contributed by atoms with E-state index in [-0.39, 0.29) is 30.7 Å². The van der Waals surface area contributed by atoms with Gasteiger partial charge in [-0.05, 0) is 44.4 Å². The number of hydrogen-bond acceptors (Lipinski definition) is 3. The fourth-order valence-electron chi connectivity index (χ4n) is 2.17. The third-order valence-corrected chi connectivity index (χ3v) is 3.17. The zero-order valence-electron chi connectivity index (χ0n) is 11.0. The number of amides is 1. The summed E-state index contributed by atoms with van der Waals surface area (Å²) in [6.07, 6.45) is 5.12. The second-order valence-electron chi connectivity index (χ2n) is 4.51. The van der Waals surface area contributed by atoms with Crippen molar-refractivity contribution in [2.24, 2.45) is 0 Å². The number of nitrogens with one attached hydrogen (secondary N) is 2. The smallest absolute Gasteiger partial charge is 0.270 e. The van der Waals surface area contributed by atoms with Crippen LogP contribution in [-0.2, 0) is 0 Å². The minimum Gasteiger partial charge on any atom is -0.351 e. The van der Waals surface area contributed by atoms with E-state index in [4.69, 9.17) is 0 Å². The van der Waals surface area contributed by atoms with E-state index in [0.717, 1.165) is 18.5 Å². The molecule has 0 saturated carbocycles. The van der Waals surface area contributed by atoms with Gasteiger partial charge in [-0.3, -0.25) is 9.78 Å². The summed E-state index contributed by atoms with van der Waals surface area (Å²) < 4.78 is 0. The summed E-state index contributed by atoms with van der Waals surface area (Å²) in [4.78, 5) is 15.9. The highest BCUT2D eigenvalue weighted by atomic mass is 35.5. The van der Waals surface area contributed by atoms with Gasteiger partial charge in [0.2, 0.25) is 0 Å². The minimum absolute atomic E-state index is 0. The van der Waals surface area contributed by atoms with Crippen molar-refractivity contribution in [3.63, 3.8) is 0 Å². The second-order valence-corrected chi connectivity index (χ2v) is 4.51. The lowest BCUT2D eigenvalue weighted by atomic mass is 10.1. The molecule has 1 aliphatic rings. The molecule has 0 bridgehead atoms. The Bertz CT molecular complexity index is 395. The van der Waals surface area contributed by atoms with E-state index >= 15 is 0 Å². The molecule has 2 rings (SSSR count). The van der Waals surface area contributed by atoms with E-state index in [1.165, 1.54) is 12.8 Å². The third-order valence-electron chi connectivity index (χ3n) is 3.17. The summed E-state index contributed by atoms with van der Waals surface area (Å²) in [5.41, 5.74) is 1.45. The van der Waals surface area contributed by atoms with Crippen LogP contribution in [-0.4, -0.2) is 30.0 Å². The van der Waals surface area contributed by atoms with E-state index < -0.39 is 0 Å². The van der Waals surface area contributed by atoms with Gasteiger partial charge in [-0.2, -0.15) is 0 Å². The van der Waals surface area contributed by atoms with E-state index in [9.17, 15) is 4.79 Å². The van der Waals surface area contributed by atoms with Crippen LogP contribution >= 0.6 is 24.8 Å². The lowest BCUT2D eigenvalue weighted by Crippen LogP contribution is -2.31. The van der Waals surface area contributed by atoms with Crippen molar-refractivity contribution >= 4 is 30.7 Å². The van der Waals surface area contributed by atoms with Crippen LogP contribution in [0.3, 0.4) is 0 Å². The summed E-state index contributed by atoms with van der Waals surface area (Å²) in [5, 5.41) is 6.34. The van der Waals surface area contributed by atoms with Crippen LogP contribution in [0, 0.1) is 6.92 Å². The monoisotopic (exact) mass is 305 g/mol. The maximum Gasteiger partial charge on any atom is 0.270 e. The number of hydrogen-bond donors (Lipinski definition) is 2. The number of pyridine rings is 1. The Balaban J connectivity index is 0.00000162. The molecule has 0 spiro atoms. The van der Waals surface area contributed by atoms with Gasteiger partial charge >= 0.3 is 0 Å². The molecule has 6 heteroatoms. The molecule has 2 heterocycles. The van der Waals surface area contributed by atoms with Gasteiger partial charge in [0.05, 0.1) is 0 Å². The molecule has 1 aromatic rings. The van der Waals surface area contributed by atoms with Crippen molar-refractivity contribution in [2.75, 3.05) is 13.1 Å². The van der Waals surface area contributed by atoms with Crippen molar-refractivity contribution in [2.45, 2.75) is 32.2 Å². The fraction of sp³-hybridized carbons (Fsp3) is 0.538. The highest BCUT2D eigenvalue weighted by Crippen LogP contribution is 2.08. The van der Waals surface area contributed by atoms with E-state index in [0.29, 0.717) is 18.3 Å². The highest BCUT2D eigenvalue weighted by Gasteiger charge is 2.14. The van der Waals surface area contributed by atoms with Crippen LogP contribution in [0.15, 0.2) is 18.3 Å². The van der Waals surface area contributed by atoms with Gasteiger partial charge in [0, 0.05) is 18.8 Å². The molecule has 1 fully saturated rings. The number of aryl methyl sites for hydroxylation is 1. The Morgan fingerprint density at radius 3 is 2.95 bits per heavy atom. The van der Waals surface area contributed by atoms with E-state index in [1.54, 1.807) is 6.20 Å². The summed E-state index contributed by atoms with van der Waals surface area (Å²) >= 11 is 0. The SMILES string of the molecule is Cc1cccnc1C(=O)NCC[C@H]1CCCN1.Cl.Cl. The average Bonchev–Trinajstić information content (AvgIpc) is 2.82. The van der Waals surface area contributed by atoms with Crippen LogP contribution in [0.5, 0.6) is 0 Å². The molecule has 0 aromatic carbocycles. The molecule has 0 unspecified atom stereocenters. The van der Waals surface area contributed by atoms with Crippen molar-refractivity contribution in [1.29, 1.82) is 0 Å². The summed E-state index contributed by atoms with van der Waals surface area (Å²) in [6.45, 7) is 3.73. The molecule has 0 aliphatic carbocycles. The van der Waals surface area contributed by atoms with E-state index in [1.807, 2.05) is 19.1 Å². The van der Waals surface area contributed by atoms with Gasteiger partial charge < -0.3 is 10.6 Å². The molecule has 108 valence electrons. The van der Waals surface area contributed by atoms with Crippen LogP contribution in [0.2, 0.25) is 0 Å². The number of carbonyl (C=O) groups excluding carboxylic acids is 1. The molecule has 19 heavy (non-hydrogen) atoms. The Labute approximate surface area is 126 Å².